The van der Waals surface area contributed by atoms with Crippen LogP contribution in [-0.4, -0.2) is 15.0 Å². The maximum atomic E-state index is 12.1. The van der Waals surface area contributed by atoms with Gasteiger partial charge < -0.3 is 5.73 Å². The SMILES string of the molecule is CCC(CC)CNS(=O)(=O)c1ccc(C)c(N)c1. The molecule has 1 rings (SSSR count). The third kappa shape index (κ3) is 3.71. The van der Waals surface area contributed by atoms with Crippen LogP contribution in [0.15, 0.2) is 23.1 Å². The molecule has 18 heavy (non-hydrogen) atoms. The Kier molecular flexibility index (Phi) is 5.16. The second-order valence-electron chi connectivity index (χ2n) is 4.55. The number of hydrogen-bond acceptors (Lipinski definition) is 3. The van der Waals surface area contributed by atoms with Crippen molar-refractivity contribution in [2.45, 2.75) is 38.5 Å². The fourth-order valence-electron chi connectivity index (χ4n) is 1.67. The summed E-state index contributed by atoms with van der Waals surface area (Å²) in [5.41, 5.74) is 7.12. The predicted molar refractivity (Wildman–Crippen MR) is 74.9 cm³/mol. The van der Waals surface area contributed by atoms with E-state index >= 15 is 0 Å². The van der Waals surface area contributed by atoms with Crippen LogP contribution in [0.25, 0.3) is 0 Å². The Balaban J connectivity index is 2.83. The highest BCUT2D eigenvalue weighted by Gasteiger charge is 2.16. The summed E-state index contributed by atoms with van der Waals surface area (Å²) in [4.78, 5) is 0.233. The fourth-order valence-corrected chi connectivity index (χ4v) is 2.83. The Bertz CT molecular complexity index is 494. The van der Waals surface area contributed by atoms with Crippen LogP contribution >= 0.6 is 0 Å². The fraction of sp³-hybridized carbons (Fsp3) is 0.538. The topological polar surface area (TPSA) is 72.2 Å². The highest BCUT2D eigenvalue weighted by molar-refractivity contribution is 7.89. The Hall–Kier alpha value is -1.07. The van der Waals surface area contributed by atoms with E-state index in [1.54, 1.807) is 12.1 Å². The van der Waals surface area contributed by atoms with Gasteiger partial charge in [0.25, 0.3) is 0 Å². The quantitative estimate of drug-likeness (QED) is 0.779. The van der Waals surface area contributed by atoms with E-state index in [1.165, 1.54) is 6.07 Å². The lowest BCUT2D eigenvalue weighted by Gasteiger charge is -2.14. The first kappa shape index (κ1) is 15.0. The van der Waals surface area contributed by atoms with Crippen LogP contribution in [0.1, 0.15) is 32.3 Å². The molecule has 102 valence electrons. The molecule has 0 aromatic heterocycles. The molecule has 0 spiro atoms. The van der Waals surface area contributed by atoms with Gasteiger partial charge >= 0.3 is 0 Å². The molecule has 4 nitrogen and oxygen atoms in total. The molecule has 0 heterocycles. The van der Waals surface area contributed by atoms with Crippen LogP contribution < -0.4 is 10.5 Å². The van der Waals surface area contributed by atoms with E-state index < -0.39 is 10.0 Å². The zero-order valence-corrected chi connectivity index (χ0v) is 12.0. The van der Waals surface area contributed by atoms with Crippen molar-refractivity contribution in [1.29, 1.82) is 0 Å². The van der Waals surface area contributed by atoms with E-state index in [0.29, 0.717) is 18.2 Å². The number of benzene rings is 1. The molecule has 0 fully saturated rings. The van der Waals surface area contributed by atoms with Crippen molar-refractivity contribution in [2.24, 2.45) is 5.92 Å². The van der Waals surface area contributed by atoms with Crippen LogP contribution in [0.2, 0.25) is 0 Å². The lowest BCUT2D eigenvalue weighted by atomic mass is 10.0. The number of aryl methyl sites for hydroxylation is 1. The van der Waals surface area contributed by atoms with E-state index in [1.807, 2.05) is 6.92 Å². The van der Waals surface area contributed by atoms with E-state index in [4.69, 9.17) is 5.73 Å². The largest absolute Gasteiger partial charge is 0.398 e. The molecule has 0 saturated heterocycles. The number of nitrogen functional groups attached to an aromatic ring is 1. The van der Waals surface area contributed by atoms with Gasteiger partial charge in [0.2, 0.25) is 10.0 Å². The van der Waals surface area contributed by atoms with Crippen molar-refractivity contribution >= 4 is 15.7 Å². The highest BCUT2D eigenvalue weighted by atomic mass is 32.2. The number of hydrogen-bond donors (Lipinski definition) is 2. The zero-order chi connectivity index (χ0) is 13.8. The zero-order valence-electron chi connectivity index (χ0n) is 11.2. The average molecular weight is 270 g/mol. The number of nitrogens with one attached hydrogen (secondary N) is 1. The Morgan fingerprint density at radius 2 is 1.89 bits per heavy atom. The Labute approximate surface area is 110 Å². The molecule has 1 aromatic carbocycles. The van der Waals surface area contributed by atoms with Gasteiger partial charge in [0.15, 0.2) is 0 Å². The molecule has 0 aliphatic carbocycles. The Morgan fingerprint density at radius 1 is 1.28 bits per heavy atom. The van der Waals surface area contributed by atoms with Crippen molar-refractivity contribution in [3.63, 3.8) is 0 Å². The van der Waals surface area contributed by atoms with Crippen molar-refractivity contribution in [1.82, 2.24) is 4.72 Å². The van der Waals surface area contributed by atoms with Gasteiger partial charge in [-0.1, -0.05) is 32.8 Å². The molecule has 1 aromatic rings. The predicted octanol–water partition coefficient (Wildman–Crippen LogP) is 2.29. The molecule has 0 unspecified atom stereocenters. The van der Waals surface area contributed by atoms with Crippen LogP contribution in [0, 0.1) is 12.8 Å². The number of nitrogens with two attached hydrogens (primary N) is 1. The standard InChI is InChI=1S/C13H22N2O2S/c1-4-11(5-2)9-15-18(16,17)12-7-6-10(3)13(14)8-12/h6-8,11,15H,4-5,9,14H2,1-3H3. The summed E-state index contributed by atoms with van der Waals surface area (Å²) >= 11 is 0. The first-order valence-corrected chi connectivity index (χ1v) is 7.74. The third-order valence-electron chi connectivity index (χ3n) is 3.28. The van der Waals surface area contributed by atoms with Crippen molar-refractivity contribution in [3.8, 4) is 0 Å². The summed E-state index contributed by atoms with van der Waals surface area (Å²) in [6.45, 7) is 6.45. The molecular formula is C13H22N2O2S. The van der Waals surface area contributed by atoms with Crippen LogP contribution in [-0.2, 0) is 10.0 Å². The number of anilines is 1. The maximum absolute atomic E-state index is 12.1. The summed E-state index contributed by atoms with van der Waals surface area (Å²) in [5, 5.41) is 0. The molecule has 0 saturated carbocycles. The first-order valence-electron chi connectivity index (χ1n) is 6.26. The number of rotatable bonds is 6. The Morgan fingerprint density at radius 3 is 2.39 bits per heavy atom. The minimum Gasteiger partial charge on any atom is -0.398 e. The van der Waals surface area contributed by atoms with E-state index in [9.17, 15) is 8.42 Å². The lowest BCUT2D eigenvalue weighted by Crippen LogP contribution is -2.29. The highest BCUT2D eigenvalue weighted by Crippen LogP contribution is 2.17. The van der Waals surface area contributed by atoms with E-state index in [2.05, 4.69) is 18.6 Å². The summed E-state index contributed by atoms with van der Waals surface area (Å²) in [5.74, 6) is 0.377. The van der Waals surface area contributed by atoms with Crippen LogP contribution in [0.5, 0.6) is 0 Å². The minimum atomic E-state index is -3.44. The molecule has 0 radical (unpaired) electrons. The lowest BCUT2D eigenvalue weighted by molar-refractivity contribution is 0.479. The van der Waals surface area contributed by atoms with Gasteiger partial charge in [0, 0.05) is 12.2 Å². The van der Waals surface area contributed by atoms with E-state index in [0.717, 1.165) is 18.4 Å². The average Bonchev–Trinajstić information content (AvgIpc) is 2.33. The van der Waals surface area contributed by atoms with Crippen molar-refractivity contribution < 1.29 is 8.42 Å². The van der Waals surface area contributed by atoms with Gasteiger partial charge in [-0.15, -0.1) is 0 Å². The summed E-state index contributed by atoms with van der Waals surface area (Å²) in [6.07, 6.45) is 1.93. The van der Waals surface area contributed by atoms with Gasteiger partial charge in [-0.25, -0.2) is 13.1 Å². The normalized spacial score (nSPS) is 12.0. The second kappa shape index (κ2) is 6.20. The van der Waals surface area contributed by atoms with Crippen LogP contribution in [0.4, 0.5) is 5.69 Å². The molecule has 0 amide bonds. The molecule has 0 aliphatic rings. The molecular weight excluding hydrogens is 248 g/mol. The summed E-state index contributed by atoms with van der Waals surface area (Å²) < 4.78 is 26.8. The summed E-state index contributed by atoms with van der Waals surface area (Å²) in [6, 6.07) is 4.81. The molecule has 0 bridgehead atoms. The van der Waals surface area contributed by atoms with Crippen molar-refractivity contribution in [2.75, 3.05) is 12.3 Å². The smallest absolute Gasteiger partial charge is 0.240 e. The monoisotopic (exact) mass is 270 g/mol. The molecule has 3 N–H and O–H groups in total. The molecule has 0 atom stereocenters. The summed E-state index contributed by atoms with van der Waals surface area (Å²) in [7, 11) is -3.44. The molecule has 0 aliphatic heterocycles. The van der Waals surface area contributed by atoms with Crippen LogP contribution in [0.3, 0.4) is 0 Å². The first-order chi connectivity index (χ1) is 8.40. The van der Waals surface area contributed by atoms with Gasteiger partial charge in [-0.05, 0) is 30.5 Å². The van der Waals surface area contributed by atoms with Gasteiger partial charge in [-0.2, -0.15) is 0 Å². The van der Waals surface area contributed by atoms with Gasteiger partial charge in [-0.3, -0.25) is 0 Å². The van der Waals surface area contributed by atoms with E-state index in [-0.39, 0.29) is 4.90 Å². The maximum Gasteiger partial charge on any atom is 0.240 e. The third-order valence-corrected chi connectivity index (χ3v) is 4.70. The molecule has 5 heteroatoms. The second-order valence-corrected chi connectivity index (χ2v) is 6.32. The van der Waals surface area contributed by atoms with Gasteiger partial charge in [0.1, 0.15) is 0 Å². The minimum absolute atomic E-state index is 0.233. The number of sulfonamides is 1. The van der Waals surface area contributed by atoms with Gasteiger partial charge in [0.05, 0.1) is 4.90 Å². The van der Waals surface area contributed by atoms with Crippen molar-refractivity contribution in [3.05, 3.63) is 23.8 Å².